The summed E-state index contributed by atoms with van der Waals surface area (Å²) in [6, 6.07) is 6.38. The molecule has 1 heterocycles. The maximum atomic E-state index is 9.16. The van der Waals surface area contributed by atoms with E-state index in [0.29, 0.717) is 6.61 Å². The average molecular weight is 315 g/mol. The van der Waals surface area contributed by atoms with Gasteiger partial charge in [-0.05, 0) is 24.7 Å². The summed E-state index contributed by atoms with van der Waals surface area (Å²) in [6.07, 6.45) is -0.0745. The van der Waals surface area contributed by atoms with Crippen molar-refractivity contribution in [1.82, 2.24) is 5.32 Å². The van der Waals surface area contributed by atoms with Crippen molar-refractivity contribution in [3.05, 3.63) is 28.2 Å². The molecule has 0 bridgehead atoms. The maximum absolute atomic E-state index is 9.16. The minimum atomic E-state index is -0.0745. The number of anilines is 1. The van der Waals surface area contributed by atoms with Gasteiger partial charge in [0.15, 0.2) is 0 Å². The molecule has 0 saturated carbocycles. The summed E-state index contributed by atoms with van der Waals surface area (Å²) in [4.78, 5) is 2.25. The lowest BCUT2D eigenvalue weighted by Gasteiger charge is -2.34. The molecule has 0 aromatic heterocycles. The number of benzene rings is 1. The molecule has 2 rings (SSSR count). The molecule has 2 N–H and O–H groups in total. The Morgan fingerprint density at radius 2 is 2.39 bits per heavy atom. The van der Waals surface area contributed by atoms with E-state index in [-0.39, 0.29) is 12.7 Å². The minimum Gasteiger partial charge on any atom is -0.394 e. The largest absolute Gasteiger partial charge is 0.394 e. The molecule has 5 heteroatoms. The Morgan fingerprint density at radius 1 is 1.56 bits per heavy atom. The van der Waals surface area contributed by atoms with Gasteiger partial charge in [0, 0.05) is 29.8 Å². The van der Waals surface area contributed by atoms with Crippen molar-refractivity contribution >= 4 is 21.6 Å². The molecule has 0 radical (unpaired) electrons. The molecule has 4 nitrogen and oxygen atoms in total. The van der Waals surface area contributed by atoms with Crippen molar-refractivity contribution < 1.29 is 9.84 Å². The summed E-state index contributed by atoms with van der Waals surface area (Å²) in [5, 5.41) is 12.3. The molecule has 0 spiro atoms. The molecule has 0 aliphatic carbocycles. The third-order valence-corrected chi connectivity index (χ3v) is 3.85. The monoisotopic (exact) mass is 314 g/mol. The van der Waals surface area contributed by atoms with Crippen LogP contribution in [0.4, 0.5) is 5.69 Å². The molecule has 1 aromatic carbocycles. The zero-order valence-electron chi connectivity index (χ0n) is 10.5. The van der Waals surface area contributed by atoms with Gasteiger partial charge in [0.2, 0.25) is 0 Å². The number of nitrogens with zero attached hydrogens (tertiary/aromatic N) is 1. The van der Waals surface area contributed by atoms with Crippen molar-refractivity contribution in [3.63, 3.8) is 0 Å². The molecular formula is C13H19BrN2O2. The summed E-state index contributed by atoms with van der Waals surface area (Å²) in [5.74, 6) is 0. The van der Waals surface area contributed by atoms with Gasteiger partial charge in [-0.2, -0.15) is 0 Å². The second-order valence-electron chi connectivity index (χ2n) is 4.43. The molecule has 18 heavy (non-hydrogen) atoms. The third-order valence-electron chi connectivity index (χ3n) is 3.11. The lowest BCUT2D eigenvalue weighted by Crippen LogP contribution is -2.44. The van der Waals surface area contributed by atoms with Crippen LogP contribution in [0.25, 0.3) is 0 Å². The van der Waals surface area contributed by atoms with Crippen molar-refractivity contribution in [2.45, 2.75) is 12.6 Å². The topological polar surface area (TPSA) is 44.7 Å². The van der Waals surface area contributed by atoms with Crippen LogP contribution in [0.3, 0.4) is 0 Å². The first-order chi connectivity index (χ1) is 8.74. The Balaban J connectivity index is 2.10. The quantitative estimate of drug-likeness (QED) is 0.881. The fourth-order valence-corrected chi connectivity index (χ4v) is 2.64. The van der Waals surface area contributed by atoms with E-state index in [1.807, 2.05) is 7.05 Å². The summed E-state index contributed by atoms with van der Waals surface area (Å²) in [7, 11) is 1.94. The van der Waals surface area contributed by atoms with Crippen LogP contribution >= 0.6 is 15.9 Å². The molecule has 1 unspecified atom stereocenters. The van der Waals surface area contributed by atoms with E-state index >= 15 is 0 Å². The molecule has 1 fully saturated rings. The van der Waals surface area contributed by atoms with Gasteiger partial charge in [0.05, 0.1) is 19.3 Å². The molecule has 1 aliphatic heterocycles. The van der Waals surface area contributed by atoms with Gasteiger partial charge in [-0.1, -0.05) is 22.0 Å². The number of hydrogen-bond donors (Lipinski definition) is 2. The maximum Gasteiger partial charge on any atom is 0.0980 e. The Labute approximate surface area is 116 Å². The van der Waals surface area contributed by atoms with Crippen molar-refractivity contribution in [3.8, 4) is 0 Å². The fourth-order valence-electron chi connectivity index (χ4n) is 2.13. The highest BCUT2D eigenvalue weighted by Crippen LogP contribution is 2.25. The molecule has 100 valence electrons. The first kappa shape index (κ1) is 13.8. The first-order valence-corrected chi connectivity index (χ1v) is 6.94. The van der Waals surface area contributed by atoms with Crippen LogP contribution in [-0.4, -0.2) is 44.6 Å². The minimum absolute atomic E-state index is 0.0745. The van der Waals surface area contributed by atoms with Crippen LogP contribution < -0.4 is 10.2 Å². The molecule has 1 aromatic rings. The van der Waals surface area contributed by atoms with Crippen LogP contribution in [-0.2, 0) is 11.3 Å². The van der Waals surface area contributed by atoms with Crippen molar-refractivity contribution in [2.24, 2.45) is 0 Å². The van der Waals surface area contributed by atoms with E-state index in [0.717, 1.165) is 24.1 Å². The summed E-state index contributed by atoms with van der Waals surface area (Å²) >= 11 is 3.60. The van der Waals surface area contributed by atoms with E-state index in [1.54, 1.807) is 0 Å². The van der Waals surface area contributed by atoms with E-state index in [4.69, 9.17) is 9.84 Å². The molecule has 1 saturated heterocycles. The highest BCUT2D eigenvalue weighted by Gasteiger charge is 2.20. The molecule has 0 amide bonds. The summed E-state index contributed by atoms with van der Waals surface area (Å²) in [5.41, 5.74) is 2.41. The first-order valence-electron chi connectivity index (χ1n) is 6.15. The number of morpholine rings is 1. The van der Waals surface area contributed by atoms with Gasteiger partial charge < -0.3 is 20.1 Å². The van der Waals surface area contributed by atoms with Gasteiger partial charge in [-0.15, -0.1) is 0 Å². The number of ether oxygens (including phenoxy) is 1. The van der Waals surface area contributed by atoms with Crippen LogP contribution in [0.1, 0.15) is 5.56 Å². The van der Waals surface area contributed by atoms with Crippen LogP contribution in [0, 0.1) is 0 Å². The van der Waals surface area contributed by atoms with Crippen LogP contribution in [0.2, 0.25) is 0 Å². The normalized spacial score (nSPS) is 20.2. The number of hydrogen-bond acceptors (Lipinski definition) is 4. The van der Waals surface area contributed by atoms with Gasteiger partial charge >= 0.3 is 0 Å². The number of aliphatic hydroxyl groups is 1. The molecule has 1 atom stereocenters. The smallest absolute Gasteiger partial charge is 0.0980 e. The second-order valence-corrected chi connectivity index (χ2v) is 5.28. The lowest BCUT2D eigenvalue weighted by atomic mass is 10.1. The van der Waals surface area contributed by atoms with Gasteiger partial charge in [-0.3, -0.25) is 0 Å². The predicted molar refractivity (Wildman–Crippen MR) is 75.9 cm³/mol. The highest BCUT2D eigenvalue weighted by molar-refractivity contribution is 9.10. The Morgan fingerprint density at radius 3 is 3.06 bits per heavy atom. The second kappa shape index (κ2) is 6.52. The zero-order valence-corrected chi connectivity index (χ0v) is 12.1. The van der Waals surface area contributed by atoms with E-state index < -0.39 is 0 Å². The Hall–Kier alpha value is -0.620. The van der Waals surface area contributed by atoms with E-state index in [9.17, 15) is 0 Å². The fraction of sp³-hybridized carbons (Fsp3) is 0.538. The molecule has 1 aliphatic rings. The zero-order chi connectivity index (χ0) is 13.0. The Bertz CT molecular complexity index is 401. The SMILES string of the molecule is CNCc1ccc(N2CCOC(CO)C2)cc1Br. The summed E-state index contributed by atoms with van der Waals surface area (Å²) in [6.45, 7) is 3.21. The van der Waals surface area contributed by atoms with E-state index in [2.05, 4.69) is 44.3 Å². The van der Waals surface area contributed by atoms with Crippen LogP contribution in [0.15, 0.2) is 22.7 Å². The van der Waals surface area contributed by atoms with E-state index in [1.165, 1.54) is 11.3 Å². The lowest BCUT2D eigenvalue weighted by molar-refractivity contribution is 0.00356. The van der Waals surface area contributed by atoms with Gasteiger partial charge in [0.1, 0.15) is 0 Å². The average Bonchev–Trinajstić information content (AvgIpc) is 2.41. The molecular weight excluding hydrogens is 296 g/mol. The van der Waals surface area contributed by atoms with Gasteiger partial charge in [-0.25, -0.2) is 0 Å². The number of aliphatic hydroxyl groups excluding tert-OH is 1. The number of rotatable bonds is 4. The van der Waals surface area contributed by atoms with Crippen LogP contribution in [0.5, 0.6) is 0 Å². The number of halogens is 1. The number of nitrogens with one attached hydrogen (secondary N) is 1. The van der Waals surface area contributed by atoms with Crippen molar-refractivity contribution in [2.75, 3.05) is 38.3 Å². The standard InChI is InChI=1S/C13H19BrN2O2/c1-15-7-10-2-3-11(6-13(10)14)16-4-5-18-12(8-16)9-17/h2-3,6,12,15,17H,4-5,7-9H2,1H3. The Kier molecular flexibility index (Phi) is 5.00. The van der Waals surface area contributed by atoms with Crippen molar-refractivity contribution in [1.29, 1.82) is 0 Å². The third kappa shape index (κ3) is 3.23. The highest BCUT2D eigenvalue weighted by atomic mass is 79.9. The predicted octanol–water partition coefficient (Wildman–Crippen LogP) is 1.37. The van der Waals surface area contributed by atoms with Gasteiger partial charge in [0.25, 0.3) is 0 Å². The summed E-state index contributed by atoms with van der Waals surface area (Å²) < 4.78 is 6.57.